The molecule has 20 heavy (non-hydrogen) atoms. The molecule has 1 fully saturated rings. The first-order chi connectivity index (χ1) is 9.76. The van der Waals surface area contributed by atoms with Crippen LogP contribution in [0.25, 0.3) is 0 Å². The molecular weight excluding hydrogens is 252 g/mol. The molecule has 1 saturated heterocycles. The van der Waals surface area contributed by atoms with Crippen LogP contribution in [0.3, 0.4) is 0 Å². The molecule has 0 spiro atoms. The number of methoxy groups -OCH3 is 1. The molecule has 0 amide bonds. The fourth-order valence-corrected chi connectivity index (χ4v) is 2.82. The zero-order chi connectivity index (χ0) is 14.4. The zero-order valence-corrected chi connectivity index (χ0v) is 12.5. The molecular formula is C16H26N2O2. The minimum absolute atomic E-state index is 0.125. The summed E-state index contributed by atoms with van der Waals surface area (Å²) in [7, 11) is 1.70. The van der Waals surface area contributed by atoms with E-state index in [2.05, 4.69) is 24.0 Å². The Labute approximate surface area is 121 Å². The van der Waals surface area contributed by atoms with Crippen molar-refractivity contribution in [1.29, 1.82) is 0 Å². The zero-order valence-electron chi connectivity index (χ0n) is 12.5. The van der Waals surface area contributed by atoms with Crippen LogP contribution < -0.4 is 10.5 Å². The van der Waals surface area contributed by atoms with Crippen LogP contribution in [0.2, 0.25) is 0 Å². The summed E-state index contributed by atoms with van der Waals surface area (Å²) in [6, 6.07) is 8.62. The molecule has 0 aliphatic carbocycles. The molecule has 1 aromatic rings. The van der Waals surface area contributed by atoms with Crippen molar-refractivity contribution >= 4 is 0 Å². The van der Waals surface area contributed by atoms with E-state index >= 15 is 0 Å². The highest BCUT2D eigenvalue weighted by molar-refractivity contribution is 5.31. The van der Waals surface area contributed by atoms with Crippen molar-refractivity contribution < 1.29 is 9.47 Å². The number of nitrogens with zero attached hydrogens (tertiary/aromatic N) is 1. The van der Waals surface area contributed by atoms with E-state index in [4.69, 9.17) is 15.2 Å². The average Bonchev–Trinajstić information content (AvgIpc) is 2.76. The Morgan fingerprint density at radius 3 is 2.95 bits per heavy atom. The minimum atomic E-state index is 0.125. The lowest BCUT2D eigenvalue weighted by molar-refractivity contribution is 0.125. The van der Waals surface area contributed by atoms with Gasteiger partial charge in [-0.2, -0.15) is 0 Å². The predicted molar refractivity (Wildman–Crippen MR) is 81.0 cm³/mol. The number of nitrogens with two attached hydrogens (primary N) is 1. The van der Waals surface area contributed by atoms with E-state index in [-0.39, 0.29) is 12.1 Å². The number of benzene rings is 1. The fourth-order valence-electron chi connectivity index (χ4n) is 2.82. The molecule has 0 bridgehead atoms. The molecule has 4 nitrogen and oxygen atoms in total. The van der Waals surface area contributed by atoms with Gasteiger partial charge in [0.1, 0.15) is 5.75 Å². The van der Waals surface area contributed by atoms with Crippen molar-refractivity contribution in [3.8, 4) is 5.75 Å². The highest BCUT2D eigenvalue weighted by Crippen LogP contribution is 2.28. The van der Waals surface area contributed by atoms with Gasteiger partial charge in [-0.25, -0.2) is 0 Å². The van der Waals surface area contributed by atoms with Gasteiger partial charge in [-0.05, 0) is 30.5 Å². The standard InChI is InChI=1S/C16H26N2O2/c1-3-15(17)16(18-8-5-10-20-11-9-18)13-6-4-7-14(12-13)19-2/h4,6-7,12,15-16H,3,5,8-11,17H2,1-2H3. The van der Waals surface area contributed by atoms with Gasteiger partial charge in [-0.1, -0.05) is 19.1 Å². The van der Waals surface area contributed by atoms with Crippen molar-refractivity contribution in [2.45, 2.75) is 31.8 Å². The average molecular weight is 278 g/mol. The van der Waals surface area contributed by atoms with Crippen LogP contribution in [-0.2, 0) is 4.74 Å². The number of ether oxygens (including phenoxy) is 2. The highest BCUT2D eigenvalue weighted by Gasteiger charge is 2.26. The Kier molecular flexibility index (Phi) is 5.83. The SMILES string of the molecule is CCC(N)C(c1cccc(OC)c1)N1CCCOCC1. The van der Waals surface area contributed by atoms with Gasteiger partial charge in [-0.15, -0.1) is 0 Å². The summed E-state index contributed by atoms with van der Waals surface area (Å²) in [5, 5.41) is 0. The van der Waals surface area contributed by atoms with Gasteiger partial charge in [0.05, 0.1) is 19.8 Å². The van der Waals surface area contributed by atoms with E-state index in [9.17, 15) is 0 Å². The summed E-state index contributed by atoms with van der Waals surface area (Å²) >= 11 is 0. The minimum Gasteiger partial charge on any atom is -0.497 e. The van der Waals surface area contributed by atoms with Crippen LogP contribution in [0.1, 0.15) is 31.4 Å². The first-order valence-electron chi connectivity index (χ1n) is 7.47. The van der Waals surface area contributed by atoms with E-state index in [1.165, 1.54) is 5.56 Å². The second-order valence-corrected chi connectivity index (χ2v) is 5.30. The smallest absolute Gasteiger partial charge is 0.119 e. The molecule has 2 rings (SSSR count). The van der Waals surface area contributed by atoms with Crippen molar-refractivity contribution in [3.63, 3.8) is 0 Å². The Bertz CT molecular complexity index is 403. The van der Waals surface area contributed by atoms with E-state index in [1.54, 1.807) is 7.11 Å². The monoisotopic (exact) mass is 278 g/mol. The lowest BCUT2D eigenvalue weighted by atomic mass is 9.96. The number of hydrogen-bond acceptors (Lipinski definition) is 4. The van der Waals surface area contributed by atoms with Gasteiger partial charge in [-0.3, -0.25) is 4.90 Å². The molecule has 112 valence electrons. The van der Waals surface area contributed by atoms with Crippen LogP contribution in [0.5, 0.6) is 5.75 Å². The van der Waals surface area contributed by atoms with Gasteiger partial charge >= 0.3 is 0 Å². The van der Waals surface area contributed by atoms with Crippen molar-refractivity contribution in [3.05, 3.63) is 29.8 Å². The maximum Gasteiger partial charge on any atom is 0.119 e. The maximum absolute atomic E-state index is 6.40. The van der Waals surface area contributed by atoms with Crippen molar-refractivity contribution in [2.24, 2.45) is 5.73 Å². The Balaban J connectivity index is 2.25. The molecule has 0 saturated carbocycles. The third-order valence-corrected chi connectivity index (χ3v) is 3.96. The fraction of sp³-hybridized carbons (Fsp3) is 0.625. The molecule has 1 aromatic carbocycles. The normalized spacial score (nSPS) is 20.1. The molecule has 1 aliphatic rings. The summed E-state index contributed by atoms with van der Waals surface area (Å²) in [5.41, 5.74) is 7.64. The Morgan fingerprint density at radius 1 is 1.35 bits per heavy atom. The topological polar surface area (TPSA) is 47.7 Å². The van der Waals surface area contributed by atoms with Gasteiger partial charge in [0.25, 0.3) is 0 Å². The lowest BCUT2D eigenvalue weighted by Crippen LogP contribution is -2.42. The van der Waals surface area contributed by atoms with Gasteiger partial charge in [0.15, 0.2) is 0 Å². The van der Waals surface area contributed by atoms with Crippen LogP contribution in [0.4, 0.5) is 0 Å². The van der Waals surface area contributed by atoms with Gasteiger partial charge in [0, 0.05) is 25.7 Å². The number of hydrogen-bond donors (Lipinski definition) is 1. The molecule has 1 heterocycles. The highest BCUT2D eigenvalue weighted by atomic mass is 16.5. The van der Waals surface area contributed by atoms with Crippen molar-refractivity contribution in [2.75, 3.05) is 33.4 Å². The first-order valence-corrected chi connectivity index (χ1v) is 7.47. The van der Waals surface area contributed by atoms with E-state index in [1.807, 2.05) is 12.1 Å². The molecule has 4 heteroatoms. The van der Waals surface area contributed by atoms with Crippen LogP contribution >= 0.6 is 0 Å². The molecule has 2 unspecified atom stereocenters. The summed E-state index contributed by atoms with van der Waals surface area (Å²) in [4.78, 5) is 2.45. The number of rotatable bonds is 5. The van der Waals surface area contributed by atoms with Crippen LogP contribution in [-0.4, -0.2) is 44.4 Å². The summed E-state index contributed by atoms with van der Waals surface area (Å²) in [6.07, 6.45) is 2.02. The Hall–Kier alpha value is -1.10. The van der Waals surface area contributed by atoms with E-state index in [0.29, 0.717) is 0 Å². The van der Waals surface area contributed by atoms with Crippen molar-refractivity contribution in [1.82, 2.24) is 4.90 Å². The molecule has 1 aliphatic heterocycles. The summed E-state index contributed by atoms with van der Waals surface area (Å²) < 4.78 is 10.9. The Morgan fingerprint density at radius 2 is 2.20 bits per heavy atom. The third kappa shape index (κ3) is 3.72. The predicted octanol–water partition coefficient (Wildman–Crippen LogP) is 2.20. The van der Waals surface area contributed by atoms with Crippen LogP contribution in [0, 0.1) is 0 Å². The first kappa shape index (κ1) is 15.3. The van der Waals surface area contributed by atoms with E-state index < -0.39 is 0 Å². The van der Waals surface area contributed by atoms with Gasteiger partial charge in [0.2, 0.25) is 0 Å². The van der Waals surface area contributed by atoms with Gasteiger partial charge < -0.3 is 15.2 Å². The second-order valence-electron chi connectivity index (χ2n) is 5.30. The molecule has 2 N–H and O–H groups in total. The largest absolute Gasteiger partial charge is 0.497 e. The van der Waals surface area contributed by atoms with Crippen LogP contribution in [0.15, 0.2) is 24.3 Å². The second kappa shape index (κ2) is 7.62. The summed E-state index contributed by atoms with van der Waals surface area (Å²) in [5.74, 6) is 0.891. The summed E-state index contributed by atoms with van der Waals surface area (Å²) in [6.45, 7) is 5.76. The molecule has 0 aromatic heterocycles. The quantitative estimate of drug-likeness (QED) is 0.897. The lowest BCUT2D eigenvalue weighted by Gasteiger charge is -2.34. The molecule has 0 radical (unpaired) electrons. The maximum atomic E-state index is 6.40. The molecule has 2 atom stereocenters. The third-order valence-electron chi connectivity index (χ3n) is 3.96. The van der Waals surface area contributed by atoms with E-state index in [0.717, 1.165) is 44.9 Å².